The lowest BCUT2D eigenvalue weighted by Crippen LogP contribution is -2.53. The van der Waals surface area contributed by atoms with E-state index in [-0.39, 0.29) is 5.91 Å². The SMILES string of the molecule is NC(=O)C(CCc1ccncc1)(NCCC1CCNCC1)c1cccs1. The molecule has 0 aromatic carbocycles. The number of aromatic nitrogens is 1. The van der Waals surface area contributed by atoms with Crippen LogP contribution in [-0.4, -0.2) is 30.5 Å². The van der Waals surface area contributed by atoms with Gasteiger partial charge in [-0.25, -0.2) is 0 Å². The number of piperidine rings is 1. The number of hydrogen-bond donors (Lipinski definition) is 3. The third kappa shape index (κ3) is 4.69. The van der Waals surface area contributed by atoms with Crippen molar-refractivity contribution in [3.05, 3.63) is 52.5 Å². The fourth-order valence-corrected chi connectivity index (χ4v) is 4.63. The van der Waals surface area contributed by atoms with Crippen molar-refractivity contribution in [1.29, 1.82) is 0 Å². The number of thiophene rings is 1. The normalized spacial score (nSPS) is 17.7. The maximum Gasteiger partial charge on any atom is 0.243 e. The summed E-state index contributed by atoms with van der Waals surface area (Å²) in [7, 11) is 0. The molecule has 5 nitrogen and oxygen atoms in total. The molecule has 26 heavy (non-hydrogen) atoms. The van der Waals surface area contributed by atoms with Crippen LogP contribution in [0.4, 0.5) is 0 Å². The molecule has 6 heteroatoms. The zero-order valence-corrected chi connectivity index (χ0v) is 15.9. The van der Waals surface area contributed by atoms with Gasteiger partial charge in [-0.05, 0) is 86.8 Å². The molecule has 0 aliphatic carbocycles. The number of carbonyl (C=O) groups excluding carboxylic acids is 1. The van der Waals surface area contributed by atoms with Crippen molar-refractivity contribution in [2.75, 3.05) is 19.6 Å². The van der Waals surface area contributed by atoms with Gasteiger partial charge in [-0.3, -0.25) is 15.1 Å². The molecule has 1 fully saturated rings. The number of primary amides is 1. The van der Waals surface area contributed by atoms with E-state index < -0.39 is 5.54 Å². The van der Waals surface area contributed by atoms with Gasteiger partial charge in [0.1, 0.15) is 5.54 Å². The predicted molar refractivity (Wildman–Crippen MR) is 106 cm³/mol. The first-order chi connectivity index (χ1) is 12.7. The van der Waals surface area contributed by atoms with E-state index >= 15 is 0 Å². The Kier molecular flexibility index (Phi) is 6.77. The van der Waals surface area contributed by atoms with Crippen LogP contribution in [0.5, 0.6) is 0 Å². The monoisotopic (exact) mass is 372 g/mol. The number of amides is 1. The summed E-state index contributed by atoms with van der Waals surface area (Å²) in [6.07, 6.45) is 8.51. The van der Waals surface area contributed by atoms with Gasteiger partial charge < -0.3 is 11.1 Å². The first kappa shape index (κ1) is 19.0. The second-order valence-electron chi connectivity index (χ2n) is 7.01. The Bertz CT molecular complexity index is 670. The van der Waals surface area contributed by atoms with Gasteiger partial charge in [-0.15, -0.1) is 11.3 Å². The van der Waals surface area contributed by atoms with Crippen LogP contribution in [0.3, 0.4) is 0 Å². The Morgan fingerprint density at radius 1 is 1.31 bits per heavy atom. The van der Waals surface area contributed by atoms with Crippen LogP contribution in [0.2, 0.25) is 0 Å². The van der Waals surface area contributed by atoms with Gasteiger partial charge in [0.25, 0.3) is 0 Å². The third-order valence-corrected chi connectivity index (χ3v) is 6.37. The van der Waals surface area contributed by atoms with E-state index in [2.05, 4.69) is 15.6 Å². The molecule has 140 valence electrons. The number of nitrogens with zero attached hydrogens (tertiary/aromatic N) is 1. The number of nitrogens with one attached hydrogen (secondary N) is 2. The zero-order chi connectivity index (χ0) is 18.2. The standard InChI is InChI=1S/C20H28N4OS/c21-19(25)20(18-2-1-15-26-18,9-3-16-4-10-22-11-5-16)24-14-8-17-6-12-23-13-7-17/h1-2,4-5,10-11,15,17,23-24H,3,6-9,12-14H2,(H2,21,25). The molecule has 2 aromatic rings. The molecule has 1 atom stereocenters. The third-order valence-electron chi connectivity index (χ3n) is 5.34. The van der Waals surface area contributed by atoms with E-state index in [4.69, 9.17) is 5.73 Å². The molecular formula is C20H28N4OS. The average molecular weight is 373 g/mol. The lowest BCUT2D eigenvalue weighted by Gasteiger charge is -2.32. The smallest absolute Gasteiger partial charge is 0.243 e. The van der Waals surface area contributed by atoms with Crippen LogP contribution < -0.4 is 16.4 Å². The minimum Gasteiger partial charge on any atom is -0.368 e. The Morgan fingerprint density at radius 2 is 2.08 bits per heavy atom. The van der Waals surface area contributed by atoms with Crippen molar-refractivity contribution < 1.29 is 4.79 Å². The molecule has 1 amide bonds. The van der Waals surface area contributed by atoms with Crippen molar-refractivity contribution in [2.24, 2.45) is 11.7 Å². The van der Waals surface area contributed by atoms with Crippen molar-refractivity contribution in [2.45, 2.75) is 37.6 Å². The average Bonchev–Trinajstić information content (AvgIpc) is 3.21. The summed E-state index contributed by atoms with van der Waals surface area (Å²) in [4.78, 5) is 17.6. The predicted octanol–water partition coefficient (Wildman–Crippen LogP) is 2.44. The summed E-state index contributed by atoms with van der Waals surface area (Å²) < 4.78 is 0. The van der Waals surface area contributed by atoms with Crippen LogP contribution >= 0.6 is 11.3 Å². The fraction of sp³-hybridized carbons (Fsp3) is 0.500. The molecule has 0 spiro atoms. The highest BCUT2D eigenvalue weighted by atomic mass is 32.1. The Balaban J connectivity index is 1.70. The van der Waals surface area contributed by atoms with Crippen molar-refractivity contribution in [3.8, 4) is 0 Å². The van der Waals surface area contributed by atoms with Crippen molar-refractivity contribution in [3.63, 3.8) is 0 Å². The largest absolute Gasteiger partial charge is 0.368 e. The van der Waals surface area contributed by atoms with E-state index in [1.54, 1.807) is 23.7 Å². The highest BCUT2D eigenvalue weighted by Gasteiger charge is 2.38. The van der Waals surface area contributed by atoms with Gasteiger partial charge >= 0.3 is 0 Å². The van der Waals surface area contributed by atoms with Gasteiger partial charge in [-0.1, -0.05) is 6.07 Å². The van der Waals surface area contributed by atoms with E-state index in [1.165, 1.54) is 18.4 Å². The Hall–Kier alpha value is -1.76. The topological polar surface area (TPSA) is 80.0 Å². The van der Waals surface area contributed by atoms with Crippen molar-refractivity contribution >= 4 is 17.2 Å². The maximum absolute atomic E-state index is 12.6. The van der Waals surface area contributed by atoms with Gasteiger partial charge in [0.05, 0.1) is 0 Å². The summed E-state index contributed by atoms with van der Waals surface area (Å²) in [5.74, 6) is 0.428. The summed E-state index contributed by atoms with van der Waals surface area (Å²) in [6, 6.07) is 7.99. The number of rotatable bonds is 9. The highest BCUT2D eigenvalue weighted by Crippen LogP contribution is 2.31. The molecule has 2 aromatic heterocycles. The van der Waals surface area contributed by atoms with Crippen LogP contribution in [0.25, 0.3) is 0 Å². The summed E-state index contributed by atoms with van der Waals surface area (Å²) in [5.41, 5.74) is 6.30. The molecule has 1 saturated heterocycles. The molecule has 1 unspecified atom stereocenters. The molecule has 0 saturated carbocycles. The maximum atomic E-state index is 12.6. The molecule has 0 bridgehead atoms. The summed E-state index contributed by atoms with van der Waals surface area (Å²) in [5, 5.41) is 8.96. The lowest BCUT2D eigenvalue weighted by molar-refractivity contribution is -0.125. The molecule has 1 aliphatic rings. The second-order valence-corrected chi connectivity index (χ2v) is 7.96. The van der Waals surface area contributed by atoms with E-state index in [9.17, 15) is 4.79 Å². The molecule has 0 radical (unpaired) electrons. The Labute approximate surface area is 159 Å². The van der Waals surface area contributed by atoms with Gasteiger partial charge in [0.2, 0.25) is 5.91 Å². The molecule has 3 heterocycles. The minimum absolute atomic E-state index is 0.292. The summed E-state index contributed by atoms with van der Waals surface area (Å²) >= 11 is 1.59. The zero-order valence-electron chi connectivity index (χ0n) is 15.1. The molecule has 1 aliphatic heterocycles. The first-order valence-corrected chi connectivity index (χ1v) is 10.3. The fourth-order valence-electron chi connectivity index (χ4n) is 3.69. The van der Waals surface area contributed by atoms with Crippen LogP contribution in [0.15, 0.2) is 42.0 Å². The van der Waals surface area contributed by atoms with Crippen molar-refractivity contribution in [1.82, 2.24) is 15.6 Å². The van der Waals surface area contributed by atoms with Crippen LogP contribution in [0, 0.1) is 5.92 Å². The number of hydrogen-bond acceptors (Lipinski definition) is 5. The highest BCUT2D eigenvalue weighted by molar-refractivity contribution is 7.10. The number of carbonyl (C=O) groups is 1. The quantitative estimate of drug-likeness (QED) is 0.632. The minimum atomic E-state index is -0.801. The van der Waals surface area contributed by atoms with E-state index in [0.717, 1.165) is 43.3 Å². The summed E-state index contributed by atoms with van der Waals surface area (Å²) in [6.45, 7) is 3.00. The van der Waals surface area contributed by atoms with Gasteiger partial charge in [0, 0.05) is 17.3 Å². The van der Waals surface area contributed by atoms with Crippen LogP contribution in [0.1, 0.15) is 36.1 Å². The van der Waals surface area contributed by atoms with E-state index in [0.29, 0.717) is 6.42 Å². The first-order valence-electron chi connectivity index (χ1n) is 9.39. The van der Waals surface area contributed by atoms with Crippen LogP contribution in [-0.2, 0) is 16.8 Å². The number of pyridine rings is 1. The molecule has 4 N–H and O–H groups in total. The number of nitrogens with two attached hydrogens (primary N) is 1. The number of aryl methyl sites for hydroxylation is 1. The Morgan fingerprint density at radius 3 is 2.73 bits per heavy atom. The second kappa shape index (κ2) is 9.26. The van der Waals surface area contributed by atoms with E-state index in [1.807, 2.05) is 29.6 Å². The van der Waals surface area contributed by atoms with Gasteiger partial charge in [0.15, 0.2) is 0 Å². The van der Waals surface area contributed by atoms with Gasteiger partial charge in [-0.2, -0.15) is 0 Å². The molecule has 3 rings (SSSR count). The molecular weight excluding hydrogens is 344 g/mol. The lowest BCUT2D eigenvalue weighted by atomic mass is 9.87.